The van der Waals surface area contributed by atoms with Gasteiger partial charge in [0.2, 0.25) is 11.8 Å². The Bertz CT molecular complexity index is 2490. The van der Waals surface area contributed by atoms with Crippen molar-refractivity contribution in [2.75, 3.05) is 47.2 Å². The number of ether oxygens (including phenoxy) is 4. The van der Waals surface area contributed by atoms with Gasteiger partial charge in [0.1, 0.15) is 29.4 Å². The number of H-pyrrole nitrogens is 2. The Balaban J connectivity index is 0.887. The van der Waals surface area contributed by atoms with Crippen molar-refractivity contribution in [2.24, 2.45) is 23.7 Å². The van der Waals surface area contributed by atoms with Crippen LogP contribution in [0.15, 0.2) is 48.8 Å². The Hall–Kier alpha value is -6.36. The van der Waals surface area contributed by atoms with E-state index in [4.69, 9.17) is 30.4 Å². The number of likely N-dealkylation sites (tertiary alicyclic amines) is 2. The van der Waals surface area contributed by atoms with E-state index in [0.717, 1.165) is 46.3 Å². The van der Waals surface area contributed by atoms with Crippen LogP contribution in [-0.4, -0.2) is 119 Å². The largest absolute Gasteiger partial charge is 0.453 e. The lowest BCUT2D eigenvalue weighted by atomic mass is 9.90. The van der Waals surface area contributed by atoms with Gasteiger partial charge in [0.05, 0.1) is 44.4 Å². The van der Waals surface area contributed by atoms with Crippen LogP contribution in [0.2, 0.25) is 0 Å². The molecule has 16 heteroatoms. The second-order valence-electron chi connectivity index (χ2n) is 17.6. The summed E-state index contributed by atoms with van der Waals surface area (Å²) in [5, 5.41) is 7.70. The second kappa shape index (κ2) is 18.8. The first-order valence-electron chi connectivity index (χ1n) is 22.3. The molecule has 5 aliphatic rings. The zero-order valence-electron chi connectivity index (χ0n) is 36.1. The number of fused-ring (bicyclic) bond motifs is 2. The maximum Gasteiger partial charge on any atom is 0.407 e. The fourth-order valence-electron chi connectivity index (χ4n) is 10.2. The van der Waals surface area contributed by atoms with Gasteiger partial charge in [-0.3, -0.25) is 9.59 Å². The van der Waals surface area contributed by atoms with Crippen molar-refractivity contribution in [3.63, 3.8) is 0 Å². The minimum atomic E-state index is -0.760. The number of amides is 4. The van der Waals surface area contributed by atoms with Crippen LogP contribution in [0, 0.1) is 47.9 Å². The maximum absolute atomic E-state index is 14.2. The molecule has 4 aromatic rings. The topological polar surface area (TPSA) is 193 Å². The molecule has 6 heterocycles. The van der Waals surface area contributed by atoms with Gasteiger partial charge >= 0.3 is 12.2 Å². The van der Waals surface area contributed by atoms with Crippen LogP contribution in [0.3, 0.4) is 0 Å². The predicted molar refractivity (Wildman–Crippen MR) is 234 cm³/mol. The Kier molecular flexibility index (Phi) is 12.6. The maximum atomic E-state index is 14.2. The minimum Gasteiger partial charge on any atom is -0.453 e. The number of piperidine rings is 1. The average Bonchev–Trinajstić information content (AvgIpc) is 3.82. The molecule has 5 fully saturated rings. The third-order valence-electron chi connectivity index (χ3n) is 13.7. The number of methoxy groups -OCH3 is 2. The number of carbonyl (C=O) groups excluding carboxylic acids is 4. The number of rotatable bonds is 10. The molecule has 1 aliphatic carbocycles. The summed E-state index contributed by atoms with van der Waals surface area (Å²) in [6.07, 6.45) is 13.6. The molecule has 4 amide bonds. The molecule has 0 bridgehead atoms. The number of alkyl carbamates (subject to hydrolysis) is 2. The lowest BCUT2D eigenvalue weighted by Gasteiger charge is -2.35. The highest BCUT2D eigenvalue weighted by Gasteiger charge is 2.56. The van der Waals surface area contributed by atoms with Crippen molar-refractivity contribution in [2.45, 2.75) is 81.6 Å². The zero-order valence-corrected chi connectivity index (χ0v) is 36.1. The summed E-state index contributed by atoms with van der Waals surface area (Å²) in [4.78, 5) is 73.3. The van der Waals surface area contributed by atoms with Crippen LogP contribution in [0.1, 0.15) is 86.4 Å². The molecule has 4 aliphatic heterocycles. The Morgan fingerprint density at radius 1 is 0.797 bits per heavy atom. The number of imidazole rings is 2. The highest BCUT2D eigenvalue weighted by Crippen LogP contribution is 2.53. The number of nitrogens with zero attached hydrogens (tertiary/aromatic N) is 4. The number of hydrogen-bond donors (Lipinski definition) is 4. The van der Waals surface area contributed by atoms with Gasteiger partial charge in [-0.15, -0.1) is 12.3 Å². The molecule has 9 rings (SSSR count). The first kappa shape index (κ1) is 42.9. The Labute approximate surface area is 371 Å². The summed E-state index contributed by atoms with van der Waals surface area (Å²) in [6.45, 7) is 2.61. The van der Waals surface area contributed by atoms with E-state index in [1.54, 1.807) is 11.1 Å². The van der Waals surface area contributed by atoms with Gasteiger partial charge in [-0.1, -0.05) is 24.1 Å². The zero-order chi connectivity index (χ0) is 44.3. The van der Waals surface area contributed by atoms with E-state index < -0.39 is 24.3 Å². The number of nitrogens with one attached hydrogen (secondary N) is 4. The van der Waals surface area contributed by atoms with Crippen molar-refractivity contribution in [3.05, 3.63) is 71.7 Å². The standard InChI is InChI=1S/C48H54N8O8/c1-4-5-29-21-39(55(27-29)45(57)41(53-47(59)61-2)30-12-16-63-17-13-30)43-49-25-36(51-43)11-7-28-6-8-33-22-34(10-9-32(33)20-28)37-26-50-44(52-37)40-24-35-23-38(35)56(40)46(58)42(54-48(60)62-3)31-14-18-64-19-15-31/h1,6,8-10,20,22,25-26,29-31,35,38-42H,5,12-19,21,23-24,27H2,2-3H3,(H,49,51)(H,50,52)(H,53,59)(H,54,60)/t29-,35?,38-,39+,40+,41+,42+/m1/s1. The molecule has 64 heavy (non-hydrogen) atoms. The third-order valence-corrected chi connectivity index (χ3v) is 13.7. The van der Waals surface area contributed by atoms with Gasteiger partial charge in [0.25, 0.3) is 0 Å². The summed E-state index contributed by atoms with van der Waals surface area (Å²) in [5.74, 6) is 10.7. The van der Waals surface area contributed by atoms with Crippen molar-refractivity contribution in [3.8, 4) is 35.4 Å². The number of aromatic nitrogens is 4. The molecular weight excluding hydrogens is 817 g/mol. The van der Waals surface area contributed by atoms with Gasteiger partial charge < -0.3 is 49.3 Å². The number of terminal acetylenes is 1. The van der Waals surface area contributed by atoms with Crippen LogP contribution in [-0.2, 0) is 28.5 Å². The molecule has 4 saturated heterocycles. The van der Waals surface area contributed by atoms with Gasteiger partial charge in [-0.25, -0.2) is 19.6 Å². The van der Waals surface area contributed by atoms with E-state index in [9.17, 15) is 19.2 Å². The van der Waals surface area contributed by atoms with Crippen LogP contribution in [0.5, 0.6) is 0 Å². The quantitative estimate of drug-likeness (QED) is 0.154. The van der Waals surface area contributed by atoms with Crippen LogP contribution >= 0.6 is 0 Å². The molecule has 2 aromatic heterocycles. The molecular formula is C48H54N8O8. The minimum absolute atomic E-state index is 0.0332. The monoisotopic (exact) mass is 870 g/mol. The molecule has 1 unspecified atom stereocenters. The Morgan fingerprint density at radius 2 is 1.44 bits per heavy atom. The third kappa shape index (κ3) is 9.03. The molecule has 2 aromatic carbocycles. The molecule has 334 valence electrons. The number of benzene rings is 2. The van der Waals surface area contributed by atoms with Gasteiger partial charge in [0.15, 0.2) is 0 Å². The molecule has 0 spiro atoms. The van der Waals surface area contributed by atoms with Crippen molar-refractivity contribution < 1.29 is 38.1 Å². The normalized spacial score (nSPS) is 24.2. The molecule has 16 nitrogen and oxygen atoms in total. The smallest absolute Gasteiger partial charge is 0.407 e. The Morgan fingerprint density at radius 3 is 2.12 bits per heavy atom. The fraction of sp³-hybridized carbons (Fsp3) is 0.500. The summed E-state index contributed by atoms with van der Waals surface area (Å²) in [6, 6.07) is 10.4. The highest BCUT2D eigenvalue weighted by atomic mass is 16.5. The summed E-state index contributed by atoms with van der Waals surface area (Å²) in [5.41, 5.74) is 3.25. The van der Waals surface area contributed by atoms with E-state index in [0.29, 0.717) is 88.9 Å². The molecule has 0 radical (unpaired) electrons. The first-order valence-corrected chi connectivity index (χ1v) is 22.3. The van der Waals surface area contributed by atoms with Gasteiger partial charge in [-0.05, 0) is 104 Å². The van der Waals surface area contributed by atoms with E-state index >= 15 is 0 Å². The number of aromatic amines is 2. The summed E-state index contributed by atoms with van der Waals surface area (Å²) >= 11 is 0. The molecule has 4 N–H and O–H groups in total. The van der Waals surface area contributed by atoms with Crippen LogP contribution in [0.25, 0.3) is 22.0 Å². The second-order valence-corrected chi connectivity index (χ2v) is 17.6. The number of hydrogen-bond acceptors (Lipinski definition) is 10. The summed E-state index contributed by atoms with van der Waals surface area (Å²) < 4.78 is 20.9. The van der Waals surface area contributed by atoms with E-state index in [2.05, 4.69) is 55.5 Å². The van der Waals surface area contributed by atoms with E-state index in [1.165, 1.54) is 14.2 Å². The van der Waals surface area contributed by atoms with Crippen LogP contribution < -0.4 is 10.6 Å². The number of carbonyl (C=O) groups is 4. The lowest BCUT2D eigenvalue weighted by molar-refractivity contribution is -0.138. The first-order chi connectivity index (χ1) is 31.2. The van der Waals surface area contributed by atoms with Crippen molar-refractivity contribution in [1.82, 2.24) is 40.4 Å². The molecule has 1 saturated carbocycles. The van der Waals surface area contributed by atoms with Crippen molar-refractivity contribution >= 4 is 34.8 Å². The fourth-order valence-corrected chi connectivity index (χ4v) is 10.2. The van der Waals surface area contributed by atoms with E-state index in [-0.39, 0.29) is 47.7 Å². The molecule has 7 atom stereocenters. The SMILES string of the molecule is C#CC[C@@H]1C[C@@H](c2ncc(C#Cc3ccc4cc(-c5cnc([C@@H]6CC7C[C@H]7N6C(=O)[C@@H](NC(=O)OC)C6CCOCC6)[nH]5)ccc4c3)[nH]2)N(C(=O)[C@@H](NC(=O)OC)C2CCOCC2)C1. The van der Waals surface area contributed by atoms with Gasteiger partial charge in [0, 0.05) is 56.6 Å². The van der Waals surface area contributed by atoms with Gasteiger partial charge in [-0.2, -0.15) is 0 Å². The van der Waals surface area contributed by atoms with Crippen molar-refractivity contribution in [1.29, 1.82) is 0 Å². The van der Waals surface area contributed by atoms with E-state index in [1.807, 2.05) is 35.4 Å². The average molecular weight is 871 g/mol. The summed E-state index contributed by atoms with van der Waals surface area (Å²) in [7, 11) is 2.60. The van der Waals surface area contributed by atoms with Crippen LogP contribution in [0.4, 0.5) is 9.59 Å². The highest BCUT2D eigenvalue weighted by molar-refractivity contribution is 5.89. The lowest BCUT2D eigenvalue weighted by Crippen LogP contribution is -2.54. The predicted octanol–water partition coefficient (Wildman–Crippen LogP) is 5.23.